The van der Waals surface area contributed by atoms with Crippen LogP contribution in [0.4, 0.5) is 0 Å². The summed E-state index contributed by atoms with van der Waals surface area (Å²) in [6.07, 6.45) is 0.666. The number of phenols is 1. The lowest BCUT2D eigenvalue weighted by Gasteiger charge is -2.22. The summed E-state index contributed by atoms with van der Waals surface area (Å²) in [4.78, 5) is 0. The van der Waals surface area contributed by atoms with Gasteiger partial charge in [-0.3, -0.25) is 0 Å². The fourth-order valence-corrected chi connectivity index (χ4v) is 2.13. The predicted octanol–water partition coefficient (Wildman–Crippen LogP) is 4.08. The van der Waals surface area contributed by atoms with Crippen LogP contribution in [0, 0.1) is 5.92 Å². The molecular formula is C11H13ClN4O. The first-order valence-corrected chi connectivity index (χ1v) is 5.74. The maximum atomic E-state index is 9.57. The van der Waals surface area contributed by atoms with Gasteiger partial charge in [-0.1, -0.05) is 25.4 Å². The Hall–Kier alpha value is -1.49. The van der Waals surface area contributed by atoms with Crippen molar-refractivity contribution in [3.05, 3.63) is 28.8 Å². The van der Waals surface area contributed by atoms with Gasteiger partial charge in [0.25, 0.3) is 0 Å². The monoisotopic (exact) mass is 252 g/mol. The lowest BCUT2D eigenvalue weighted by Crippen LogP contribution is -2.21. The zero-order chi connectivity index (χ0) is 12.5. The number of aromatic hydroxyl groups is 1. The van der Waals surface area contributed by atoms with Gasteiger partial charge in [-0.05, 0) is 34.6 Å². The first-order valence-electron chi connectivity index (χ1n) is 5.36. The smallest absolute Gasteiger partial charge is 0.220 e. The molecule has 0 bridgehead atoms. The molecule has 0 atom stereocenters. The Kier molecular flexibility index (Phi) is 3.11. The van der Waals surface area contributed by atoms with E-state index >= 15 is 0 Å². The van der Waals surface area contributed by atoms with Crippen molar-refractivity contribution in [1.82, 2.24) is 0 Å². The normalized spacial score (nSPS) is 16.9. The van der Waals surface area contributed by atoms with Gasteiger partial charge in [0.1, 0.15) is 5.75 Å². The maximum absolute atomic E-state index is 9.57. The van der Waals surface area contributed by atoms with Crippen LogP contribution in [0.25, 0.3) is 0 Å². The molecule has 17 heavy (non-hydrogen) atoms. The van der Waals surface area contributed by atoms with Crippen LogP contribution in [0.5, 0.6) is 5.75 Å². The molecule has 0 saturated heterocycles. The summed E-state index contributed by atoms with van der Waals surface area (Å²) in [6.45, 7) is 4.13. The van der Waals surface area contributed by atoms with Gasteiger partial charge in [-0.25, -0.2) is 0 Å². The topological polar surface area (TPSA) is 69.7 Å². The van der Waals surface area contributed by atoms with Crippen molar-refractivity contribution in [3.8, 4) is 5.75 Å². The minimum atomic E-state index is -0.837. The van der Waals surface area contributed by atoms with E-state index in [0.717, 1.165) is 0 Å². The molecular weight excluding hydrogens is 240 g/mol. The number of halogens is 1. The molecule has 0 amide bonds. The van der Waals surface area contributed by atoms with Gasteiger partial charge in [0, 0.05) is 17.0 Å². The van der Waals surface area contributed by atoms with E-state index in [4.69, 9.17) is 11.6 Å². The molecule has 90 valence electrons. The molecule has 0 fully saturated rings. The third-order valence-corrected chi connectivity index (χ3v) is 2.72. The number of benzene rings is 1. The quantitative estimate of drug-likeness (QED) is 0.865. The molecule has 0 aromatic heterocycles. The molecule has 2 rings (SSSR count). The third-order valence-electron chi connectivity index (χ3n) is 2.50. The van der Waals surface area contributed by atoms with Crippen molar-refractivity contribution in [2.75, 3.05) is 0 Å². The lowest BCUT2D eigenvalue weighted by atomic mass is 9.91. The fraction of sp³-hybridized carbons (Fsp3) is 0.455. The van der Waals surface area contributed by atoms with E-state index in [2.05, 4.69) is 34.5 Å². The average molecular weight is 253 g/mol. The van der Waals surface area contributed by atoms with Crippen molar-refractivity contribution in [2.45, 2.75) is 25.9 Å². The standard InChI is InChI=1S/C11H13ClN4O/c1-7(2)6-11(13-15-16-14-11)8-3-9(12)5-10(17)4-8/h3-5,7,17H,6H2,1-2H3. The number of hydrogen-bond donors (Lipinski definition) is 1. The second kappa shape index (κ2) is 4.41. The van der Waals surface area contributed by atoms with Crippen LogP contribution >= 0.6 is 11.6 Å². The van der Waals surface area contributed by atoms with Gasteiger partial charge in [0.05, 0.1) is 0 Å². The molecule has 1 heterocycles. The Bertz CT molecular complexity index is 452. The third kappa shape index (κ3) is 2.44. The number of nitrogens with zero attached hydrogens (tertiary/aromatic N) is 4. The second-order valence-electron chi connectivity index (χ2n) is 4.49. The van der Waals surface area contributed by atoms with Crippen LogP contribution in [0.2, 0.25) is 5.02 Å². The molecule has 0 unspecified atom stereocenters. The van der Waals surface area contributed by atoms with Crippen LogP contribution in [0.15, 0.2) is 38.9 Å². The van der Waals surface area contributed by atoms with E-state index in [1.807, 2.05) is 0 Å². The summed E-state index contributed by atoms with van der Waals surface area (Å²) in [7, 11) is 0. The minimum absolute atomic E-state index is 0.0907. The Morgan fingerprint density at radius 3 is 2.41 bits per heavy atom. The van der Waals surface area contributed by atoms with Crippen molar-refractivity contribution in [1.29, 1.82) is 0 Å². The molecule has 6 heteroatoms. The van der Waals surface area contributed by atoms with Crippen LogP contribution in [0.1, 0.15) is 25.8 Å². The number of phenolic OH excluding ortho intramolecular Hbond substituents is 1. The van der Waals surface area contributed by atoms with Crippen molar-refractivity contribution in [2.24, 2.45) is 26.6 Å². The highest BCUT2D eigenvalue weighted by atomic mass is 35.5. The van der Waals surface area contributed by atoms with Crippen molar-refractivity contribution in [3.63, 3.8) is 0 Å². The molecule has 1 aromatic carbocycles. The number of hydrogen-bond acceptors (Lipinski definition) is 5. The second-order valence-corrected chi connectivity index (χ2v) is 4.93. The van der Waals surface area contributed by atoms with E-state index in [-0.39, 0.29) is 5.75 Å². The van der Waals surface area contributed by atoms with Gasteiger partial charge < -0.3 is 5.11 Å². The van der Waals surface area contributed by atoms with E-state index in [1.165, 1.54) is 6.07 Å². The van der Waals surface area contributed by atoms with Crippen LogP contribution < -0.4 is 0 Å². The summed E-state index contributed by atoms with van der Waals surface area (Å²) in [5.41, 5.74) is -0.127. The summed E-state index contributed by atoms with van der Waals surface area (Å²) >= 11 is 5.92. The van der Waals surface area contributed by atoms with Crippen molar-refractivity contribution >= 4 is 11.6 Å². The molecule has 1 N–H and O–H groups in total. The van der Waals surface area contributed by atoms with Gasteiger partial charge in [0.2, 0.25) is 5.66 Å². The zero-order valence-electron chi connectivity index (χ0n) is 9.63. The molecule has 1 aliphatic heterocycles. The highest BCUT2D eigenvalue weighted by Gasteiger charge is 2.36. The van der Waals surface area contributed by atoms with E-state index in [9.17, 15) is 5.11 Å². The predicted molar refractivity (Wildman–Crippen MR) is 64.0 cm³/mol. The largest absolute Gasteiger partial charge is 0.508 e. The molecule has 0 saturated carbocycles. The molecule has 0 aliphatic carbocycles. The Balaban J connectivity index is 2.46. The molecule has 5 nitrogen and oxygen atoms in total. The summed E-state index contributed by atoms with van der Waals surface area (Å²) < 4.78 is 0. The Morgan fingerprint density at radius 2 is 1.88 bits per heavy atom. The van der Waals surface area contributed by atoms with Gasteiger partial charge in [-0.2, -0.15) is 0 Å². The van der Waals surface area contributed by atoms with E-state index in [1.54, 1.807) is 12.1 Å². The highest BCUT2D eigenvalue weighted by Crippen LogP contribution is 2.40. The summed E-state index contributed by atoms with van der Waals surface area (Å²) in [6, 6.07) is 4.79. The minimum Gasteiger partial charge on any atom is -0.508 e. The lowest BCUT2D eigenvalue weighted by molar-refractivity contribution is 0.359. The first-order chi connectivity index (χ1) is 8.02. The van der Waals surface area contributed by atoms with Crippen LogP contribution in [0.3, 0.4) is 0 Å². The average Bonchev–Trinajstić information content (AvgIpc) is 2.65. The Labute approximate surface area is 104 Å². The maximum Gasteiger partial charge on any atom is 0.220 e. The van der Waals surface area contributed by atoms with E-state index in [0.29, 0.717) is 22.9 Å². The molecule has 0 radical (unpaired) electrons. The molecule has 1 aromatic rings. The molecule has 1 aliphatic rings. The highest BCUT2D eigenvalue weighted by molar-refractivity contribution is 6.30. The van der Waals surface area contributed by atoms with Crippen molar-refractivity contribution < 1.29 is 5.11 Å². The zero-order valence-corrected chi connectivity index (χ0v) is 10.4. The molecule has 0 spiro atoms. The van der Waals surface area contributed by atoms with E-state index < -0.39 is 5.66 Å². The first kappa shape index (κ1) is 12.0. The van der Waals surface area contributed by atoms with Gasteiger partial charge >= 0.3 is 0 Å². The van der Waals surface area contributed by atoms with Gasteiger partial charge in [-0.15, -0.1) is 10.2 Å². The van der Waals surface area contributed by atoms with Crippen LogP contribution in [-0.4, -0.2) is 5.11 Å². The summed E-state index contributed by atoms with van der Waals surface area (Å²) in [5.74, 6) is 0.458. The summed E-state index contributed by atoms with van der Waals surface area (Å²) in [5, 5.41) is 25.4. The number of rotatable bonds is 3. The van der Waals surface area contributed by atoms with Crippen LogP contribution in [-0.2, 0) is 5.66 Å². The fourth-order valence-electron chi connectivity index (χ4n) is 1.90. The Morgan fingerprint density at radius 1 is 1.24 bits per heavy atom. The van der Waals surface area contributed by atoms with Gasteiger partial charge in [0.15, 0.2) is 0 Å². The SMILES string of the molecule is CC(C)CC1(c2cc(O)cc(Cl)c2)N=NN=N1.